The second kappa shape index (κ2) is 6.03. The van der Waals surface area contributed by atoms with Gasteiger partial charge in [0.1, 0.15) is 17.5 Å². The summed E-state index contributed by atoms with van der Waals surface area (Å²) >= 11 is 0. The van der Waals surface area contributed by atoms with E-state index in [2.05, 4.69) is 39.8 Å². The monoisotopic (exact) mass is 248 g/mol. The molecule has 0 radical (unpaired) electrons. The molecule has 0 spiro atoms. The first-order valence-corrected chi connectivity index (χ1v) is 7.02. The molecule has 0 N–H and O–H groups in total. The molecule has 18 heavy (non-hydrogen) atoms. The van der Waals surface area contributed by atoms with Crippen LogP contribution in [0, 0.1) is 6.92 Å². The first kappa shape index (κ1) is 13.1. The molecule has 1 saturated heterocycles. The van der Waals surface area contributed by atoms with Crippen LogP contribution >= 0.6 is 0 Å². The first-order valence-electron chi connectivity index (χ1n) is 7.02. The molecule has 0 bridgehead atoms. The summed E-state index contributed by atoms with van der Waals surface area (Å²) in [6.45, 7) is 7.53. The number of unbranched alkanes of at least 4 members (excludes halogenated alkanes) is 1. The molecule has 100 valence electrons. The van der Waals surface area contributed by atoms with E-state index in [-0.39, 0.29) is 0 Å². The van der Waals surface area contributed by atoms with Crippen LogP contribution in [0.1, 0.15) is 38.4 Å². The van der Waals surface area contributed by atoms with Crippen molar-refractivity contribution < 1.29 is 0 Å². The van der Waals surface area contributed by atoms with Gasteiger partial charge in [-0.3, -0.25) is 0 Å². The smallest absolute Gasteiger partial charge is 0.134 e. The molecule has 0 amide bonds. The Hall–Kier alpha value is -1.32. The maximum absolute atomic E-state index is 4.57. The van der Waals surface area contributed by atoms with Gasteiger partial charge in [-0.1, -0.05) is 13.3 Å². The van der Waals surface area contributed by atoms with Gasteiger partial charge in [0.15, 0.2) is 0 Å². The van der Waals surface area contributed by atoms with E-state index in [4.69, 9.17) is 0 Å². The van der Waals surface area contributed by atoms with Crippen LogP contribution in [0.4, 0.5) is 11.6 Å². The predicted molar refractivity (Wildman–Crippen MR) is 76.4 cm³/mol. The minimum Gasteiger partial charge on any atom is -0.360 e. The average Bonchev–Trinajstić information content (AvgIpc) is 2.89. The lowest BCUT2D eigenvalue weighted by atomic mass is 10.3. The van der Waals surface area contributed by atoms with Gasteiger partial charge in [0.25, 0.3) is 0 Å². The van der Waals surface area contributed by atoms with Gasteiger partial charge < -0.3 is 9.80 Å². The molecule has 1 aliphatic heterocycles. The Morgan fingerprint density at radius 3 is 2.67 bits per heavy atom. The highest BCUT2D eigenvalue weighted by Gasteiger charge is 2.15. The quantitative estimate of drug-likeness (QED) is 0.802. The molecule has 0 atom stereocenters. The minimum absolute atomic E-state index is 0.873. The maximum Gasteiger partial charge on any atom is 0.134 e. The zero-order chi connectivity index (χ0) is 13.0. The molecule has 1 fully saturated rings. The SMILES string of the molecule is CCCCN(C)c1cc(N2CCCC2)nc(C)n1. The van der Waals surface area contributed by atoms with Gasteiger partial charge in [-0.05, 0) is 26.2 Å². The summed E-state index contributed by atoms with van der Waals surface area (Å²) in [6.07, 6.45) is 4.99. The van der Waals surface area contributed by atoms with Crippen LogP contribution < -0.4 is 9.80 Å². The molecule has 0 saturated carbocycles. The van der Waals surface area contributed by atoms with Crippen molar-refractivity contribution in [3.8, 4) is 0 Å². The van der Waals surface area contributed by atoms with Gasteiger partial charge in [0.05, 0.1) is 0 Å². The number of nitrogens with zero attached hydrogens (tertiary/aromatic N) is 4. The third-order valence-electron chi connectivity index (χ3n) is 3.48. The number of anilines is 2. The van der Waals surface area contributed by atoms with Crippen molar-refractivity contribution >= 4 is 11.6 Å². The highest BCUT2D eigenvalue weighted by Crippen LogP contribution is 2.22. The predicted octanol–water partition coefficient (Wildman–Crippen LogP) is 2.62. The molecule has 2 rings (SSSR count). The largest absolute Gasteiger partial charge is 0.360 e. The molecule has 0 aliphatic carbocycles. The first-order chi connectivity index (χ1) is 8.70. The number of rotatable bonds is 5. The van der Waals surface area contributed by atoms with Crippen LogP contribution in [0.2, 0.25) is 0 Å². The highest BCUT2D eigenvalue weighted by atomic mass is 15.2. The summed E-state index contributed by atoms with van der Waals surface area (Å²) in [7, 11) is 2.12. The van der Waals surface area contributed by atoms with Crippen molar-refractivity contribution in [2.45, 2.75) is 39.5 Å². The van der Waals surface area contributed by atoms with E-state index in [9.17, 15) is 0 Å². The van der Waals surface area contributed by atoms with Crippen molar-refractivity contribution in [2.24, 2.45) is 0 Å². The van der Waals surface area contributed by atoms with Crippen LogP contribution in [-0.4, -0.2) is 36.6 Å². The van der Waals surface area contributed by atoms with Crippen LogP contribution in [0.5, 0.6) is 0 Å². The molecular weight excluding hydrogens is 224 g/mol. The third kappa shape index (κ3) is 3.12. The standard InChI is InChI=1S/C14H24N4/c1-4-5-8-17(3)13-11-14(16-12(2)15-13)18-9-6-7-10-18/h11H,4-10H2,1-3H3. The van der Waals surface area contributed by atoms with Gasteiger partial charge in [0, 0.05) is 32.7 Å². The molecule has 4 heteroatoms. The van der Waals surface area contributed by atoms with Crippen molar-refractivity contribution in [1.29, 1.82) is 0 Å². The molecule has 0 aromatic carbocycles. The van der Waals surface area contributed by atoms with Crippen LogP contribution in [0.25, 0.3) is 0 Å². The molecule has 1 aromatic heterocycles. The second-order valence-electron chi connectivity index (χ2n) is 5.10. The summed E-state index contributed by atoms with van der Waals surface area (Å²) in [6, 6.07) is 2.13. The summed E-state index contributed by atoms with van der Waals surface area (Å²) in [5.41, 5.74) is 0. The van der Waals surface area contributed by atoms with E-state index in [0.29, 0.717) is 0 Å². The molecule has 2 heterocycles. The van der Waals surface area contributed by atoms with Gasteiger partial charge in [-0.15, -0.1) is 0 Å². The number of aromatic nitrogens is 2. The highest BCUT2D eigenvalue weighted by molar-refractivity contribution is 5.51. The minimum atomic E-state index is 0.873. The molecule has 4 nitrogen and oxygen atoms in total. The van der Waals surface area contributed by atoms with Gasteiger partial charge in [0.2, 0.25) is 0 Å². The number of hydrogen-bond donors (Lipinski definition) is 0. The normalized spacial score (nSPS) is 15.2. The lowest BCUT2D eigenvalue weighted by Gasteiger charge is -2.22. The second-order valence-corrected chi connectivity index (χ2v) is 5.10. The fourth-order valence-electron chi connectivity index (χ4n) is 2.35. The zero-order valence-corrected chi connectivity index (χ0v) is 11.8. The summed E-state index contributed by atoms with van der Waals surface area (Å²) in [5.74, 6) is 3.02. The van der Waals surface area contributed by atoms with Crippen molar-refractivity contribution in [2.75, 3.05) is 36.5 Å². The van der Waals surface area contributed by atoms with E-state index in [1.165, 1.54) is 25.7 Å². The van der Waals surface area contributed by atoms with Crippen molar-refractivity contribution in [1.82, 2.24) is 9.97 Å². The topological polar surface area (TPSA) is 32.3 Å². The summed E-state index contributed by atoms with van der Waals surface area (Å²) in [5, 5.41) is 0. The third-order valence-corrected chi connectivity index (χ3v) is 3.48. The van der Waals surface area contributed by atoms with E-state index >= 15 is 0 Å². The number of aryl methyl sites for hydroxylation is 1. The Kier molecular flexibility index (Phi) is 4.39. The summed E-state index contributed by atoms with van der Waals surface area (Å²) < 4.78 is 0. The zero-order valence-electron chi connectivity index (χ0n) is 11.8. The Bertz CT molecular complexity index is 385. The molecule has 1 aliphatic rings. The number of hydrogen-bond acceptors (Lipinski definition) is 4. The van der Waals surface area contributed by atoms with E-state index in [0.717, 1.165) is 37.1 Å². The Labute approximate surface area is 110 Å². The van der Waals surface area contributed by atoms with Gasteiger partial charge in [-0.25, -0.2) is 9.97 Å². The van der Waals surface area contributed by atoms with Gasteiger partial charge >= 0.3 is 0 Å². The molecule has 0 unspecified atom stereocenters. The van der Waals surface area contributed by atoms with Crippen LogP contribution in [-0.2, 0) is 0 Å². The Morgan fingerprint density at radius 1 is 1.28 bits per heavy atom. The summed E-state index contributed by atoms with van der Waals surface area (Å²) in [4.78, 5) is 13.7. The lowest BCUT2D eigenvalue weighted by Crippen LogP contribution is -2.23. The Balaban J connectivity index is 2.14. The average molecular weight is 248 g/mol. The van der Waals surface area contributed by atoms with Crippen molar-refractivity contribution in [3.63, 3.8) is 0 Å². The van der Waals surface area contributed by atoms with Crippen molar-refractivity contribution in [3.05, 3.63) is 11.9 Å². The van der Waals surface area contributed by atoms with E-state index in [1.54, 1.807) is 0 Å². The molecular formula is C14H24N4. The van der Waals surface area contributed by atoms with Gasteiger partial charge in [-0.2, -0.15) is 0 Å². The molecule has 1 aromatic rings. The maximum atomic E-state index is 4.57. The lowest BCUT2D eigenvalue weighted by molar-refractivity contribution is 0.755. The van der Waals surface area contributed by atoms with E-state index in [1.807, 2.05) is 6.92 Å². The van der Waals surface area contributed by atoms with Crippen LogP contribution in [0.3, 0.4) is 0 Å². The Morgan fingerprint density at radius 2 is 2.00 bits per heavy atom. The fourth-order valence-corrected chi connectivity index (χ4v) is 2.35. The van der Waals surface area contributed by atoms with E-state index < -0.39 is 0 Å². The fraction of sp³-hybridized carbons (Fsp3) is 0.714. The van der Waals surface area contributed by atoms with Crippen LogP contribution in [0.15, 0.2) is 6.07 Å².